The van der Waals surface area contributed by atoms with E-state index >= 15 is 0 Å². The summed E-state index contributed by atoms with van der Waals surface area (Å²) in [5.41, 5.74) is 2.58. The number of hydrogen-bond acceptors (Lipinski definition) is 6. The lowest BCUT2D eigenvalue weighted by Gasteiger charge is -2.22. The monoisotopic (exact) mass is 340 g/mol. The SMILES string of the molecule is COCCCN1CCCN(c2ncnc3c2oc2ccccc23)CC1. The zero-order valence-corrected chi connectivity index (χ0v) is 14.6. The van der Waals surface area contributed by atoms with Gasteiger partial charge in [-0.2, -0.15) is 0 Å². The van der Waals surface area contributed by atoms with Crippen molar-refractivity contribution in [3.05, 3.63) is 30.6 Å². The molecule has 2 aromatic heterocycles. The van der Waals surface area contributed by atoms with E-state index in [9.17, 15) is 0 Å². The van der Waals surface area contributed by atoms with Crippen LogP contribution in [0.1, 0.15) is 12.8 Å². The van der Waals surface area contributed by atoms with Gasteiger partial charge < -0.3 is 19.0 Å². The lowest BCUT2D eigenvalue weighted by molar-refractivity contribution is 0.174. The van der Waals surface area contributed by atoms with Gasteiger partial charge in [-0.3, -0.25) is 0 Å². The van der Waals surface area contributed by atoms with Crippen molar-refractivity contribution in [2.75, 3.05) is 51.3 Å². The van der Waals surface area contributed by atoms with Gasteiger partial charge in [0.25, 0.3) is 0 Å². The summed E-state index contributed by atoms with van der Waals surface area (Å²) in [5, 5.41) is 1.05. The fourth-order valence-corrected chi connectivity index (χ4v) is 3.58. The van der Waals surface area contributed by atoms with Gasteiger partial charge in [0.1, 0.15) is 17.4 Å². The highest BCUT2D eigenvalue weighted by atomic mass is 16.5. The number of benzene rings is 1. The molecule has 1 saturated heterocycles. The minimum absolute atomic E-state index is 0.802. The van der Waals surface area contributed by atoms with E-state index in [4.69, 9.17) is 9.15 Å². The zero-order valence-electron chi connectivity index (χ0n) is 14.6. The third-order valence-corrected chi connectivity index (χ3v) is 4.85. The van der Waals surface area contributed by atoms with E-state index in [0.29, 0.717) is 0 Å². The Morgan fingerprint density at radius 1 is 1.12 bits per heavy atom. The van der Waals surface area contributed by atoms with E-state index in [-0.39, 0.29) is 0 Å². The van der Waals surface area contributed by atoms with Crippen LogP contribution in [0.3, 0.4) is 0 Å². The average Bonchev–Trinajstić information content (AvgIpc) is 2.87. The Morgan fingerprint density at radius 3 is 2.96 bits per heavy atom. The number of anilines is 1. The molecule has 0 amide bonds. The minimum Gasteiger partial charge on any atom is -0.450 e. The largest absolute Gasteiger partial charge is 0.450 e. The first-order valence-electron chi connectivity index (χ1n) is 8.95. The summed E-state index contributed by atoms with van der Waals surface area (Å²) in [6.45, 7) is 6.02. The molecule has 0 aliphatic carbocycles. The number of methoxy groups -OCH3 is 1. The summed E-state index contributed by atoms with van der Waals surface area (Å²) < 4.78 is 11.3. The summed E-state index contributed by atoms with van der Waals surface area (Å²) >= 11 is 0. The Balaban J connectivity index is 1.57. The van der Waals surface area contributed by atoms with Gasteiger partial charge in [0, 0.05) is 45.3 Å². The maximum absolute atomic E-state index is 6.09. The van der Waals surface area contributed by atoms with Crippen molar-refractivity contribution in [1.29, 1.82) is 0 Å². The molecule has 0 spiro atoms. The number of ether oxygens (including phenoxy) is 1. The van der Waals surface area contributed by atoms with Gasteiger partial charge in [0.05, 0.1) is 0 Å². The molecule has 1 aliphatic rings. The molecule has 0 saturated carbocycles. The van der Waals surface area contributed by atoms with Crippen LogP contribution in [0.2, 0.25) is 0 Å². The van der Waals surface area contributed by atoms with Crippen molar-refractivity contribution in [3.63, 3.8) is 0 Å². The standard InChI is InChI=1S/C19H24N4O2/c1-24-13-5-9-22-8-4-10-23(12-11-22)19-18-17(20-14-21-19)15-6-2-3-7-16(15)25-18/h2-3,6-7,14H,4-5,8-13H2,1H3. The molecule has 132 valence electrons. The Kier molecular flexibility index (Phi) is 4.81. The van der Waals surface area contributed by atoms with Gasteiger partial charge in [-0.1, -0.05) is 12.1 Å². The predicted molar refractivity (Wildman–Crippen MR) is 99.1 cm³/mol. The van der Waals surface area contributed by atoms with Crippen molar-refractivity contribution in [2.45, 2.75) is 12.8 Å². The van der Waals surface area contributed by atoms with Crippen LogP contribution in [-0.4, -0.2) is 61.3 Å². The quantitative estimate of drug-likeness (QED) is 0.666. The number of aromatic nitrogens is 2. The van der Waals surface area contributed by atoms with E-state index < -0.39 is 0 Å². The van der Waals surface area contributed by atoms with E-state index in [1.807, 2.05) is 18.2 Å². The Morgan fingerprint density at radius 2 is 2.04 bits per heavy atom. The van der Waals surface area contributed by atoms with E-state index in [0.717, 1.165) is 80.1 Å². The van der Waals surface area contributed by atoms with Gasteiger partial charge in [0.2, 0.25) is 0 Å². The van der Waals surface area contributed by atoms with Crippen LogP contribution in [0.5, 0.6) is 0 Å². The molecular weight excluding hydrogens is 316 g/mol. The highest BCUT2D eigenvalue weighted by molar-refractivity contribution is 6.05. The molecule has 0 unspecified atom stereocenters. The molecule has 1 fully saturated rings. The molecule has 0 bridgehead atoms. The van der Waals surface area contributed by atoms with E-state index in [1.54, 1.807) is 13.4 Å². The first-order chi connectivity index (χ1) is 12.4. The maximum atomic E-state index is 6.09. The molecule has 0 N–H and O–H groups in total. The van der Waals surface area contributed by atoms with Crippen molar-refractivity contribution in [1.82, 2.24) is 14.9 Å². The first kappa shape index (κ1) is 16.3. The van der Waals surface area contributed by atoms with Crippen molar-refractivity contribution < 1.29 is 9.15 Å². The molecule has 1 aliphatic heterocycles. The fourth-order valence-electron chi connectivity index (χ4n) is 3.58. The third kappa shape index (κ3) is 3.32. The average molecular weight is 340 g/mol. The van der Waals surface area contributed by atoms with Gasteiger partial charge in [-0.25, -0.2) is 9.97 Å². The smallest absolute Gasteiger partial charge is 0.196 e. The number of furan rings is 1. The fraction of sp³-hybridized carbons (Fsp3) is 0.474. The summed E-state index contributed by atoms with van der Waals surface area (Å²) in [7, 11) is 1.76. The van der Waals surface area contributed by atoms with Crippen LogP contribution in [0.4, 0.5) is 5.82 Å². The Hall–Kier alpha value is -2.18. The number of hydrogen-bond donors (Lipinski definition) is 0. The number of nitrogens with zero attached hydrogens (tertiary/aromatic N) is 4. The van der Waals surface area contributed by atoms with Crippen LogP contribution in [0.15, 0.2) is 35.0 Å². The second-order valence-electron chi connectivity index (χ2n) is 6.50. The number of para-hydroxylation sites is 1. The Labute approximate surface area is 147 Å². The molecule has 6 heteroatoms. The molecule has 0 atom stereocenters. The van der Waals surface area contributed by atoms with Crippen molar-refractivity contribution in [3.8, 4) is 0 Å². The highest BCUT2D eigenvalue weighted by Gasteiger charge is 2.21. The van der Waals surface area contributed by atoms with Gasteiger partial charge in [-0.05, 0) is 31.5 Å². The van der Waals surface area contributed by atoms with Gasteiger partial charge in [-0.15, -0.1) is 0 Å². The normalized spacial score (nSPS) is 16.6. The van der Waals surface area contributed by atoms with Crippen LogP contribution in [-0.2, 0) is 4.74 Å². The van der Waals surface area contributed by atoms with Crippen molar-refractivity contribution >= 4 is 27.9 Å². The summed E-state index contributed by atoms with van der Waals surface area (Å²) in [6, 6.07) is 8.04. The zero-order chi connectivity index (χ0) is 17.1. The van der Waals surface area contributed by atoms with Gasteiger partial charge in [0.15, 0.2) is 11.4 Å². The lowest BCUT2D eigenvalue weighted by Crippen LogP contribution is -2.32. The van der Waals surface area contributed by atoms with Crippen LogP contribution >= 0.6 is 0 Å². The molecule has 25 heavy (non-hydrogen) atoms. The van der Waals surface area contributed by atoms with Crippen LogP contribution in [0, 0.1) is 0 Å². The summed E-state index contributed by atoms with van der Waals surface area (Å²) in [5.74, 6) is 0.917. The molecule has 0 radical (unpaired) electrons. The molecule has 3 aromatic rings. The topological polar surface area (TPSA) is 54.6 Å². The lowest BCUT2D eigenvalue weighted by atomic mass is 10.2. The molecule has 3 heterocycles. The molecule has 1 aromatic carbocycles. The van der Waals surface area contributed by atoms with Crippen LogP contribution < -0.4 is 4.90 Å². The van der Waals surface area contributed by atoms with E-state index in [2.05, 4.69) is 25.8 Å². The molecular formula is C19H24N4O2. The minimum atomic E-state index is 0.802. The second kappa shape index (κ2) is 7.37. The van der Waals surface area contributed by atoms with Gasteiger partial charge >= 0.3 is 0 Å². The van der Waals surface area contributed by atoms with Crippen molar-refractivity contribution in [2.24, 2.45) is 0 Å². The second-order valence-corrected chi connectivity index (χ2v) is 6.50. The number of fused-ring (bicyclic) bond motifs is 3. The Bertz CT molecular complexity index is 848. The predicted octanol–water partition coefficient (Wildman–Crippen LogP) is 2.92. The third-order valence-electron chi connectivity index (χ3n) is 4.85. The number of rotatable bonds is 5. The maximum Gasteiger partial charge on any atom is 0.196 e. The summed E-state index contributed by atoms with van der Waals surface area (Å²) in [6.07, 6.45) is 3.86. The molecule has 6 nitrogen and oxygen atoms in total. The molecule has 4 rings (SSSR count). The van der Waals surface area contributed by atoms with E-state index in [1.165, 1.54) is 0 Å². The highest BCUT2D eigenvalue weighted by Crippen LogP contribution is 2.32. The first-order valence-corrected chi connectivity index (χ1v) is 8.95. The van der Waals surface area contributed by atoms with Crippen LogP contribution in [0.25, 0.3) is 22.1 Å². The summed E-state index contributed by atoms with van der Waals surface area (Å²) in [4.78, 5) is 13.9.